The first-order chi connectivity index (χ1) is 14.7. The van der Waals surface area contributed by atoms with Gasteiger partial charge in [0.05, 0.1) is 17.8 Å². The van der Waals surface area contributed by atoms with E-state index in [0.29, 0.717) is 18.1 Å². The monoisotopic (exact) mass is 472 g/mol. The molecule has 13 heteroatoms. The molecule has 9 nitrogen and oxygen atoms in total. The van der Waals surface area contributed by atoms with Crippen LogP contribution in [0.2, 0.25) is 0 Å². The molecule has 0 aliphatic carbocycles. The molecule has 0 saturated carbocycles. The number of halogens is 3. The van der Waals surface area contributed by atoms with Gasteiger partial charge >= 0.3 is 0 Å². The van der Waals surface area contributed by atoms with Crippen molar-refractivity contribution in [1.29, 1.82) is 5.41 Å². The quantitative estimate of drug-likeness (QED) is 0.245. The molecule has 1 fully saturated rings. The van der Waals surface area contributed by atoms with Gasteiger partial charge in [-0.3, -0.25) is 15.2 Å². The van der Waals surface area contributed by atoms with Crippen LogP contribution in [0.15, 0.2) is 34.6 Å². The molecular formula is C18H23ClF2N8OS. The van der Waals surface area contributed by atoms with E-state index in [1.54, 1.807) is 4.90 Å². The molecule has 168 valence electrons. The van der Waals surface area contributed by atoms with Crippen LogP contribution < -0.4 is 16.8 Å². The van der Waals surface area contributed by atoms with E-state index in [-0.39, 0.29) is 39.4 Å². The summed E-state index contributed by atoms with van der Waals surface area (Å²) >= 11 is 7.23. The molecule has 0 spiro atoms. The summed E-state index contributed by atoms with van der Waals surface area (Å²) in [5.41, 5.74) is 11.9. The molecule has 1 amide bonds. The maximum atomic E-state index is 12.3. The van der Waals surface area contributed by atoms with Crippen molar-refractivity contribution in [2.45, 2.75) is 29.5 Å². The Morgan fingerprint density at radius 1 is 1.52 bits per heavy atom. The van der Waals surface area contributed by atoms with Crippen molar-refractivity contribution >= 4 is 52.4 Å². The standard InChI is InChI=1S/C18H23ClF2N8OS/c1-2-13(30)29-5-3-4-11(9-29)31-17-14(15(19)23)16(24)27-18(28-17)26-10(6-22)7-25-8-12(20)21/h2,6-7,11-12,23H,1,3-5,8-9,22H2,(H3,24,26,27,28)/t11-/m1/s1. The fourth-order valence-corrected chi connectivity index (χ4v) is 4.36. The van der Waals surface area contributed by atoms with Gasteiger partial charge in [-0.1, -0.05) is 18.2 Å². The number of rotatable bonds is 9. The third-order valence-electron chi connectivity index (χ3n) is 4.18. The van der Waals surface area contributed by atoms with E-state index in [0.717, 1.165) is 25.3 Å². The molecule has 1 saturated heterocycles. The lowest BCUT2D eigenvalue weighted by Crippen LogP contribution is -2.40. The van der Waals surface area contributed by atoms with Gasteiger partial charge in [0.25, 0.3) is 6.43 Å². The number of nitrogens with two attached hydrogens (primary N) is 2. The molecule has 0 bridgehead atoms. The number of likely N-dealkylation sites (tertiary alicyclic amines) is 1. The molecule has 1 aromatic rings. The van der Waals surface area contributed by atoms with E-state index in [4.69, 9.17) is 28.5 Å². The molecule has 2 rings (SSSR count). The van der Waals surface area contributed by atoms with Crippen LogP contribution in [-0.4, -0.2) is 63.5 Å². The third kappa shape index (κ3) is 7.17. The average Bonchev–Trinajstić information content (AvgIpc) is 2.71. The number of carbonyl (C=O) groups excluding carboxylic acids is 1. The highest BCUT2D eigenvalue weighted by molar-refractivity contribution is 8.00. The number of piperidine rings is 1. The number of amides is 1. The summed E-state index contributed by atoms with van der Waals surface area (Å²) in [5, 5.41) is 10.6. The van der Waals surface area contributed by atoms with Crippen LogP contribution in [0.5, 0.6) is 0 Å². The smallest absolute Gasteiger partial charge is 0.257 e. The number of thioether (sulfide) groups is 1. The number of carbonyl (C=O) groups is 1. The maximum absolute atomic E-state index is 12.3. The van der Waals surface area contributed by atoms with E-state index in [1.165, 1.54) is 17.8 Å². The van der Waals surface area contributed by atoms with Crippen molar-refractivity contribution in [1.82, 2.24) is 14.9 Å². The number of nitrogen functional groups attached to an aromatic ring is 1. The van der Waals surface area contributed by atoms with Crippen molar-refractivity contribution < 1.29 is 13.6 Å². The Kier molecular flexibility index (Phi) is 9.19. The van der Waals surface area contributed by atoms with Crippen molar-refractivity contribution in [3.05, 3.63) is 30.1 Å². The minimum absolute atomic E-state index is 0.00769. The van der Waals surface area contributed by atoms with Crippen LogP contribution >= 0.6 is 23.4 Å². The highest BCUT2D eigenvalue weighted by atomic mass is 35.5. The van der Waals surface area contributed by atoms with Crippen molar-refractivity contribution in [2.75, 3.05) is 30.7 Å². The van der Waals surface area contributed by atoms with Crippen molar-refractivity contribution in [3.63, 3.8) is 0 Å². The number of aliphatic imine (C=N–C) groups is 1. The summed E-state index contributed by atoms with van der Waals surface area (Å²) in [6, 6.07) is 0. The minimum atomic E-state index is -2.58. The number of hydrogen-bond donors (Lipinski definition) is 4. The Bertz CT molecular complexity index is 896. The molecular weight excluding hydrogens is 450 g/mol. The summed E-state index contributed by atoms with van der Waals surface area (Å²) in [7, 11) is 0. The Morgan fingerprint density at radius 2 is 2.26 bits per heavy atom. The molecule has 2 heterocycles. The SMILES string of the molecule is C=CC(=O)N1CCC[C@@H](Sc2nc(NC(C=NCC(F)F)=CN)nc(N)c2C(=N)Cl)C1. The second-order valence-corrected chi connectivity index (χ2v) is 8.10. The summed E-state index contributed by atoms with van der Waals surface area (Å²) in [6.45, 7) is 3.96. The third-order valence-corrected chi connectivity index (χ3v) is 5.60. The molecule has 6 N–H and O–H groups in total. The van der Waals surface area contributed by atoms with Crippen LogP contribution in [0.25, 0.3) is 0 Å². The van der Waals surface area contributed by atoms with E-state index in [1.807, 2.05) is 0 Å². The first-order valence-corrected chi connectivity index (χ1v) is 10.5. The number of nitrogens with zero attached hydrogens (tertiary/aromatic N) is 4. The van der Waals surface area contributed by atoms with Crippen LogP contribution in [-0.2, 0) is 4.79 Å². The minimum Gasteiger partial charge on any atom is -0.403 e. The molecule has 0 radical (unpaired) electrons. The fourth-order valence-electron chi connectivity index (χ4n) is 2.80. The summed E-state index contributed by atoms with van der Waals surface area (Å²) in [6.07, 6.45) is 2.57. The topological polar surface area (TPSA) is 146 Å². The maximum Gasteiger partial charge on any atom is 0.257 e. The molecule has 1 aliphatic heterocycles. The Labute approximate surface area is 187 Å². The highest BCUT2D eigenvalue weighted by Gasteiger charge is 2.26. The number of aromatic nitrogens is 2. The first kappa shape index (κ1) is 24.5. The summed E-state index contributed by atoms with van der Waals surface area (Å²) in [5.74, 6) is -0.145. The van der Waals surface area contributed by atoms with Crippen LogP contribution in [0.4, 0.5) is 20.5 Å². The van der Waals surface area contributed by atoms with Gasteiger partial charge in [0.15, 0.2) is 0 Å². The van der Waals surface area contributed by atoms with Crippen molar-refractivity contribution in [2.24, 2.45) is 10.7 Å². The zero-order valence-electron chi connectivity index (χ0n) is 16.5. The number of anilines is 2. The van der Waals surface area contributed by atoms with E-state index in [9.17, 15) is 13.6 Å². The Morgan fingerprint density at radius 3 is 2.87 bits per heavy atom. The number of hydrogen-bond acceptors (Lipinski definition) is 9. The van der Waals surface area contributed by atoms with E-state index >= 15 is 0 Å². The summed E-state index contributed by atoms with van der Waals surface area (Å²) < 4.78 is 24.5. The molecule has 0 aromatic carbocycles. The first-order valence-electron chi connectivity index (χ1n) is 9.22. The van der Waals surface area contributed by atoms with Crippen LogP contribution in [0.3, 0.4) is 0 Å². The largest absolute Gasteiger partial charge is 0.403 e. The molecule has 1 aliphatic rings. The zero-order valence-corrected chi connectivity index (χ0v) is 18.1. The number of alkyl halides is 2. The molecule has 1 atom stereocenters. The van der Waals surface area contributed by atoms with Gasteiger partial charge in [-0.05, 0) is 18.9 Å². The van der Waals surface area contributed by atoms with E-state index in [2.05, 4.69) is 26.9 Å². The Balaban J connectivity index is 2.26. The second kappa shape index (κ2) is 11.6. The van der Waals surface area contributed by atoms with Gasteiger partial charge in [0, 0.05) is 30.8 Å². The van der Waals surface area contributed by atoms with Gasteiger partial charge in [-0.2, -0.15) is 4.98 Å². The second-order valence-electron chi connectivity index (χ2n) is 6.43. The lowest BCUT2D eigenvalue weighted by molar-refractivity contribution is -0.126. The molecule has 31 heavy (non-hydrogen) atoms. The van der Waals surface area contributed by atoms with Crippen LogP contribution in [0, 0.1) is 5.41 Å². The highest BCUT2D eigenvalue weighted by Crippen LogP contribution is 2.34. The van der Waals surface area contributed by atoms with E-state index < -0.39 is 13.0 Å². The van der Waals surface area contributed by atoms with Gasteiger partial charge < -0.3 is 21.7 Å². The number of nitrogens with one attached hydrogen (secondary N) is 2. The predicted molar refractivity (Wildman–Crippen MR) is 120 cm³/mol. The molecule has 1 aromatic heterocycles. The number of allylic oxidation sites excluding steroid dienone is 1. The van der Waals surface area contributed by atoms with Gasteiger partial charge in [0.2, 0.25) is 11.9 Å². The lowest BCUT2D eigenvalue weighted by Gasteiger charge is -2.31. The van der Waals surface area contributed by atoms with Gasteiger partial charge in [0.1, 0.15) is 16.0 Å². The molecule has 0 unspecified atom stereocenters. The summed E-state index contributed by atoms with van der Waals surface area (Å²) in [4.78, 5) is 25.7. The average molecular weight is 473 g/mol. The van der Waals surface area contributed by atoms with Gasteiger partial charge in [-0.15, -0.1) is 11.8 Å². The normalized spacial score (nSPS) is 17.2. The lowest BCUT2D eigenvalue weighted by atomic mass is 10.1. The van der Waals surface area contributed by atoms with Crippen LogP contribution in [0.1, 0.15) is 18.4 Å². The zero-order chi connectivity index (χ0) is 23.0. The van der Waals surface area contributed by atoms with Crippen molar-refractivity contribution in [3.8, 4) is 0 Å². The predicted octanol–water partition coefficient (Wildman–Crippen LogP) is 2.44. The fraction of sp³-hybridized carbons (Fsp3) is 0.389. The van der Waals surface area contributed by atoms with Gasteiger partial charge in [-0.25, -0.2) is 13.8 Å². The Hall–Kier alpha value is -2.73.